The van der Waals surface area contributed by atoms with E-state index < -0.39 is 8.07 Å². The van der Waals surface area contributed by atoms with Gasteiger partial charge in [0.05, 0.1) is 0 Å². The second-order valence-corrected chi connectivity index (χ2v) is 14.9. The molecule has 0 heterocycles. The third kappa shape index (κ3) is 3.97. The maximum atomic E-state index is 2.62. The first-order chi connectivity index (χ1) is 11.3. The lowest BCUT2D eigenvalue weighted by molar-refractivity contribution is 0.511. The van der Waals surface area contributed by atoms with Crippen LogP contribution < -0.4 is 0 Å². The quantitative estimate of drug-likeness (QED) is 0.454. The topological polar surface area (TPSA) is 0 Å². The highest BCUT2D eigenvalue weighted by Crippen LogP contribution is 2.49. The molecule has 140 valence electrons. The van der Waals surface area contributed by atoms with Crippen LogP contribution >= 0.6 is 0 Å². The summed E-state index contributed by atoms with van der Waals surface area (Å²) < 4.78 is 0. The zero-order valence-corrected chi connectivity index (χ0v) is 19.4. The molecule has 0 fully saturated rings. The van der Waals surface area contributed by atoms with Crippen LogP contribution in [0.2, 0.25) is 13.1 Å². The molecule has 0 N–H and O–H groups in total. The molecule has 0 spiro atoms. The lowest BCUT2D eigenvalue weighted by atomic mass is 9.86. The molecule has 1 heteroatoms. The van der Waals surface area contributed by atoms with E-state index in [1.807, 2.05) is 0 Å². The van der Waals surface area contributed by atoms with Gasteiger partial charge in [-0.1, -0.05) is 103 Å². The minimum Gasteiger partial charge on any atom is -0.0777 e. The zero-order chi connectivity index (χ0) is 19.2. The Morgan fingerprint density at radius 2 is 1.00 bits per heavy atom. The Morgan fingerprint density at radius 3 is 1.24 bits per heavy atom. The van der Waals surface area contributed by atoms with Crippen LogP contribution in [0.3, 0.4) is 0 Å². The van der Waals surface area contributed by atoms with Gasteiger partial charge in [-0.25, -0.2) is 0 Å². The lowest BCUT2D eigenvalue weighted by Crippen LogP contribution is -2.37. The van der Waals surface area contributed by atoms with Crippen molar-refractivity contribution in [3.8, 4) is 0 Å². The smallest absolute Gasteiger partial charge is 0.0777 e. The largest absolute Gasteiger partial charge is 0.112 e. The van der Waals surface area contributed by atoms with Gasteiger partial charge in [-0.15, -0.1) is 0 Å². The van der Waals surface area contributed by atoms with Gasteiger partial charge in [-0.05, 0) is 46.7 Å². The second-order valence-electron chi connectivity index (χ2n) is 10.6. The summed E-state index contributed by atoms with van der Waals surface area (Å²) in [4.78, 5) is 0. The van der Waals surface area contributed by atoms with Gasteiger partial charge in [0.1, 0.15) is 8.07 Å². The summed E-state index contributed by atoms with van der Waals surface area (Å²) >= 11 is 0. The van der Waals surface area contributed by atoms with E-state index >= 15 is 0 Å². The normalized spacial score (nSPS) is 24.9. The van der Waals surface area contributed by atoms with Crippen molar-refractivity contribution >= 4 is 8.07 Å². The van der Waals surface area contributed by atoms with E-state index in [0.717, 1.165) is 0 Å². The van der Waals surface area contributed by atoms with Crippen LogP contribution in [0.15, 0.2) is 45.8 Å². The van der Waals surface area contributed by atoms with Gasteiger partial charge in [0, 0.05) is 0 Å². The fourth-order valence-corrected chi connectivity index (χ4v) is 8.14. The Labute approximate surface area is 158 Å². The summed E-state index contributed by atoms with van der Waals surface area (Å²) in [5, 5.41) is 3.40. The molecule has 0 radical (unpaired) electrons. The first kappa shape index (κ1) is 20.5. The molecule has 25 heavy (non-hydrogen) atoms. The number of allylic oxidation sites excluding steroid dienone is 8. The predicted octanol–water partition coefficient (Wildman–Crippen LogP) is 7.65. The van der Waals surface area contributed by atoms with E-state index in [0.29, 0.717) is 11.8 Å². The molecule has 0 aromatic rings. The molecule has 2 aliphatic rings. The monoisotopic (exact) mass is 356 g/mol. The molecule has 0 aromatic heterocycles. The van der Waals surface area contributed by atoms with Crippen molar-refractivity contribution in [2.75, 3.05) is 0 Å². The van der Waals surface area contributed by atoms with Crippen molar-refractivity contribution in [1.82, 2.24) is 0 Å². The van der Waals surface area contributed by atoms with Crippen LogP contribution in [0, 0.1) is 22.7 Å². The highest BCUT2D eigenvalue weighted by molar-refractivity contribution is 6.92. The summed E-state index contributed by atoms with van der Waals surface area (Å²) in [6.45, 7) is 24.1. The third-order valence-electron chi connectivity index (χ3n) is 6.01. The van der Waals surface area contributed by atoms with Crippen LogP contribution in [0.1, 0.15) is 68.2 Å². The number of hydrogen-bond acceptors (Lipinski definition) is 0. The van der Waals surface area contributed by atoms with E-state index in [1.54, 1.807) is 21.5 Å². The molecule has 2 aliphatic carbocycles. The first-order valence-corrected chi connectivity index (χ1v) is 13.2. The lowest BCUT2D eigenvalue weighted by Gasteiger charge is -2.37. The third-order valence-corrected chi connectivity index (χ3v) is 9.57. The van der Waals surface area contributed by atoms with Gasteiger partial charge >= 0.3 is 0 Å². The number of hydrogen-bond donors (Lipinski definition) is 0. The van der Waals surface area contributed by atoms with Crippen LogP contribution in [0.25, 0.3) is 0 Å². The molecule has 0 nitrogen and oxygen atoms in total. The highest BCUT2D eigenvalue weighted by atomic mass is 28.3. The Kier molecular flexibility index (Phi) is 5.51. The van der Waals surface area contributed by atoms with Crippen molar-refractivity contribution in [2.24, 2.45) is 22.7 Å². The van der Waals surface area contributed by atoms with Crippen molar-refractivity contribution < 1.29 is 0 Å². The molecule has 0 aromatic carbocycles. The van der Waals surface area contributed by atoms with E-state index in [2.05, 4.69) is 92.8 Å². The standard InChI is InChI=1S/C24H40Si/c1-11-17-13-19(23(3,4)5)21(15-17)25(9,10)22-16-18(12-2)14-20(22)24(6,7)8/h13-18H,11-12H2,1-10H3. The molecular weight excluding hydrogens is 316 g/mol. The average Bonchev–Trinajstić information content (AvgIpc) is 3.10. The van der Waals surface area contributed by atoms with Gasteiger partial charge in [0.25, 0.3) is 0 Å². The van der Waals surface area contributed by atoms with Crippen LogP contribution in [0.5, 0.6) is 0 Å². The van der Waals surface area contributed by atoms with E-state index in [9.17, 15) is 0 Å². The van der Waals surface area contributed by atoms with Crippen molar-refractivity contribution in [3.05, 3.63) is 45.8 Å². The minimum atomic E-state index is -1.71. The predicted molar refractivity (Wildman–Crippen MR) is 116 cm³/mol. The Hall–Kier alpha value is -0.823. The van der Waals surface area contributed by atoms with Crippen LogP contribution in [0.4, 0.5) is 0 Å². The number of rotatable bonds is 4. The summed E-state index contributed by atoms with van der Waals surface area (Å²) in [5.74, 6) is 1.25. The van der Waals surface area contributed by atoms with Gasteiger partial charge in [0.15, 0.2) is 0 Å². The van der Waals surface area contributed by atoms with Gasteiger partial charge in [-0.3, -0.25) is 0 Å². The van der Waals surface area contributed by atoms with Crippen molar-refractivity contribution in [3.63, 3.8) is 0 Å². The molecule has 2 unspecified atom stereocenters. The molecule has 0 saturated heterocycles. The zero-order valence-electron chi connectivity index (χ0n) is 18.4. The first-order valence-electron chi connectivity index (χ1n) is 10.2. The Bertz CT molecular complexity index is 583. The molecule has 0 saturated carbocycles. The SMILES string of the molecule is CCC1C=C(C(C)(C)C)C([Si](C)(C)C2=CC(CC)C=C2C(C)(C)C)=C1. The average molecular weight is 357 g/mol. The van der Waals surface area contributed by atoms with Gasteiger partial charge in [-0.2, -0.15) is 0 Å². The van der Waals surface area contributed by atoms with E-state index in [4.69, 9.17) is 0 Å². The minimum absolute atomic E-state index is 0.231. The van der Waals surface area contributed by atoms with Crippen LogP contribution in [-0.2, 0) is 0 Å². The highest BCUT2D eigenvalue weighted by Gasteiger charge is 2.42. The molecule has 0 bridgehead atoms. The molecule has 0 aliphatic heterocycles. The molecular formula is C24H40Si. The maximum absolute atomic E-state index is 2.62. The Morgan fingerprint density at radius 1 is 0.680 bits per heavy atom. The van der Waals surface area contributed by atoms with Crippen LogP contribution in [-0.4, -0.2) is 8.07 Å². The van der Waals surface area contributed by atoms with Crippen molar-refractivity contribution in [2.45, 2.75) is 81.3 Å². The Balaban J connectivity index is 2.54. The van der Waals surface area contributed by atoms with E-state index in [1.165, 1.54) is 12.8 Å². The van der Waals surface area contributed by atoms with Crippen molar-refractivity contribution in [1.29, 1.82) is 0 Å². The molecule has 2 rings (SSSR count). The molecule has 0 amide bonds. The molecule has 2 atom stereocenters. The summed E-state index contributed by atoms with van der Waals surface area (Å²) in [5.41, 5.74) is 3.69. The summed E-state index contributed by atoms with van der Waals surface area (Å²) in [7, 11) is -1.71. The fraction of sp³-hybridized carbons (Fsp3) is 0.667. The second kappa shape index (κ2) is 6.72. The fourth-order valence-electron chi connectivity index (χ4n) is 4.33. The maximum Gasteiger partial charge on any atom is 0.112 e. The summed E-state index contributed by atoms with van der Waals surface area (Å²) in [6, 6.07) is 0. The summed E-state index contributed by atoms with van der Waals surface area (Å²) in [6.07, 6.45) is 12.8. The van der Waals surface area contributed by atoms with Gasteiger partial charge in [0.2, 0.25) is 0 Å². The van der Waals surface area contributed by atoms with E-state index in [-0.39, 0.29) is 10.8 Å². The van der Waals surface area contributed by atoms with Gasteiger partial charge < -0.3 is 0 Å².